The molecule has 0 amide bonds. The van der Waals surface area contributed by atoms with Crippen molar-refractivity contribution in [1.29, 1.82) is 0 Å². The van der Waals surface area contributed by atoms with Gasteiger partial charge in [0.25, 0.3) is 0 Å². The molecule has 1 rings (SSSR count). The van der Waals surface area contributed by atoms with Crippen LogP contribution in [0.1, 0.15) is 46.0 Å². The third-order valence-electron chi connectivity index (χ3n) is 3.22. The molecule has 0 aromatic heterocycles. The van der Waals surface area contributed by atoms with E-state index in [1.165, 1.54) is 12.8 Å². The number of rotatable bonds is 4. The molecule has 0 bridgehead atoms. The predicted molar refractivity (Wildman–Crippen MR) is 62.6 cm³/mol. The topological polar surface area (TPSA) is 29.5 Å². The minimum Gasteiger partial charge on any atom is -0.391 e. The first-order chi connectivity index (χ1) is 6.54. The van der Waals surface area contributed by atoms with Gasteiger partial charge in [0.1, 0.15) is 0 Å². The molecule has 2 atom stereocenters. The first-order valence-corrected chi connectivity index (χ1v) is 6.86. The van der Waals surface area contributed by atoms with Gasteiger partial charge in [-0.2, -0.15) is 0 Å². The smallest absolute Gasteiger partial charge is 0.0789 e. The summed E-state index contributed by atoms with van der Waals surface area (Å²) in [7, 11) is 0.952. The SMILES string of the molecule is CC(C)CCC(O)C1([SiH3])CCCCO1. The molecule has 0 aromatic rings. The van der Waals surface area contributed by atoms with Crippen LogP contribution in [0.4, 0.5) is 0 Å². The van der Waals surface area contributed by atoms with Crippen LogP contribution in [0.2, 0.25) is 0 Å². The third-order valence-corrected chi connectivity index (χ3v) is 4.68. The van der Waals surface area contributed by atoms with Crippen molar-refractivity contribution >= 4 is 10.2 Å². The summed E-state index contributed by atoms with van der Waals surface area (Å²) in [5, 5.41) is 9.96. The minimum atomic E-state index is -0.225. The molecular formula is C11H24O2Si. The van der Waals surface area contributed by atoms with E-state index in [9.17, 15) is 5.11 Å². The maximum absolute atomic E-state index is 10.1. The van der Waals surface area contributed by atoms with Crippen molar-refractivity contribution in [2.24, 2.45) is 5.92 Å². The molecule has 0 aliphatic carbocycles. The largest absolute Gasteiger partial charge is 0.391 e. The second-order valence-corrected chi connectivity index (χ2v) is 6.80. The lowest BCUT2D eigenvalue weighted by Crippen LogP contribution is -2.47. The number of hydrogen-bond acceptors (Lipinski definition) is 2. The lowest BCUT2D eigenvalue weighted by Gasteiger charge is -2.38. The molecule has 0 aromatic carbocycles. The van der Waals surface area contributed by atoms with Crippen LogP contribution in [-0.4, -0.2) is 33.3 Å². The molecule has 2 unspecified atom stereocenters. The van der Waals surface area contributed by atoms with Crippen molar-refractivity contribution in [3.63, 3.8) is 0 Å². The highest BCUT2D eigenvalue weighted by Gasteiger charge is 2.34. The zero-order chi connectivity index (χ0) is 10.6. The van der Waals surface area contributed by atoms with E-state index in [0.29, 0.717) is 5.92 Å². The van der Waals surface area contributed by atoms with Crippen LogP contribution >= 0.6 is 0 Å². The first kappa shape index (κ1) is 12.2. The number of aliphatic hydroxyl groups excluding tert-OH is 1. The summed E-state index contributed by atoms with van der Waals surface area (Å²) in [5.74, 6) is 0.679. The molecule has 14 heavy (non-hydrogen) atoms. The summed E-state index contributed by atoms with van der Waals surface area (Å²) < 4.78 is 5.77. The summed E-state index contributed by atoms with van der Waals surface area (Å²) in [5.41, 5.74) is 0. The van der Waals surface area contributed by atoms with Crippen LogP contribution in [-0.2, 0) is 4.74 Å². The summed E-state index contributed by atoms with van der Waals surface area (Å²) in [4.78, 5) is 0. The third kappa shape index (κ3) is 3.37. The molecule has 3 heteroatoms. The number of aliphatic hydroxyl groups is 1. The summed E-state index contributed by atoms with van der Waals surface area (Å²) in [6.45, 7) is 5.25. The number of hydrogen-bond donors (Lipinski definition) is 1. The first-order valence-electron chi connectivity index (χ1n) is 5.86. The Morgan fingerprint density at radius 1 is 1.36 bits per heavy atom. The highest BCUT2D eigenvalue weighted by atomic mass is 28.1. The fourth-order valence-corrected chi connectivity index (χ4v) is 2.86. The van der Waals surface area contributed by atoms with E-state index < -0.39 is 0 Å². The van der Waals surface area contributed by atoms with Crippen molar-refractivity contribution in [3.05, 3.63) is 0 Å². The molecule has 0 radical (unpaired) electrons. The van der Waals surface area contributed by atoms with E-state index in [1.54, 1.807) is 0 Å². The molecule has 1 aliphatic rings. The van der Waals surface area contributed by atoms with E-state index in [4.69, 9.17) is 4.74 Å². The monoisotopic (exact) mass is 216 g/mol. The normalized spacial score (nSPS) is 30.9. The fraction of sp³-hybridized carbons (Fsp3) is 1.00. The van der Waals surface area contributed by atoms with E-state index in [-0.39, 0.29) is 11.3 Å². The minimum absolute atomic E-state index is 0.132. The Morgan fingerprint density at radius 3 is 2.57 bits per heavy atom. The standard InChI is InChI=1S/C11H24O2Si/c1-9(2)5-6-10(12)11(14)7-3-4-8-13-11/h9-10,12H,3-8H2,1-2,14H3. The van der Waals surface area contributed by atoms with Crippen LogP contribution < -0.4 is 0 Å². The Labute approximate surface area is 90.5 Å². The molecule has 1 N–H and O–H groups in total. The van der Waals surface area contributed by atoms with E-state index >= 15 is 0 Å². The van der Waals surface area contributed by atoms with Crippen molar-refractivity contribution in [2.75, 3.05) is 6.61 Å². The highest BCUT2D eigenvalue weighted by Crippen LogP contribution is 2.28. The van der Waals surface area contributed by atoms with Gasteiger partial charge in [0.2, 0.25) is 0 Å². The summed E-state index contributed by atoms with van der Waals surface area (Å²) >= 11 is 0. The van der Waals surface area contributed by atoms with E-state index in [1.807, 2.05) is 0 Å². The van der Waals surface area contributed by atoms with Crippen molar-refractivity contribution in [1.82, 2.24) is 0 Å². The summed E-state index contributed by atoms with van der Waals surface area (Å²) in [6, 6.07) is 0. The maximum Gasteiger partial charge on any atom is 0.0789 e. The van der Waals surface area contributed by atoms with Gasteiger partial charge < -0.3 is 9.84 Å². The van der Waals surface area contributed by atoms with Gasteiger partial charge in [-0.05, 0) is 38.0 Å². The Bertz CT molecular complexity index is 165. The lowest BCUT2D eigenvalue weighted by atomic mass is 9.96. The van der Waals surface area contributed by atoms with Gasteiger partial charge in [0.15, 0.2) is 0 Å². The van der Waals surface area contributed by atoms with Gasteiger partial charge in [-0.3, -0.25) is 0 Å². The van der Waals surface area contributed by atoms with Crippen LogP contribution in [0.15, 0.2) is 0 Å². The van der Waals surface area contributed by atoms with E-state index in [0.717, 1.165) is 36.1 Å². The van der Waals surface area contributed by atoms with Gasteiger partial charge >= 0.3 is 0 Å². The predicted octanol–water partition coefficient (Wildman–Crippen LogP) is 1.05. The van der Waals surface area contributed by atoms with Crippen LogP contribution in [0, 0.1) is 5.92 Å². The van der Waals surface area contributed by atoms with Crippen LogP contribution in [0.25, 0.3) is 0 Å². The average Bonchev–Trinajstić information content (AvgIpc) is 2.15. The maximum atomic E-state index is 10.1. The Kier molecular flexibility index (Phi) is 4.61. The molecule has 2 nitrogen and oxygen atoms in total. The van der Waals surface area contributed by atoms with Crippen molar-refractivity contribution in [3.8, 4) is 0 Å². The average molecular weight is 216 g/mol. The molecular weight excluding hydrogens is 192 g/mol. The van der Waals surface area contributed by atoms with Gasteiger partial charge in [-0.1, -0.05) is 13.8 Å². The quantitative estimate of drug-likeness (QED) is 0.712. The van der Waals surface area contributed by atoms with Crippen LogP contribution in [0.5, 0.6) is 0 Å². The van der Waals surface area contributed by atoms with Crippen molar-refractivity contribution < 1.29 is 9.84 Å². The van der Waals surface area contributed by atoms with Gasteiger partial charge in [-0.15, -0.1) is 0 Å². The molecule has 1 saturated heterocycles. The Morgan fingerprint density at radius 2 is 2.07 bits per heavy atom. The van der Waals surface area contributed by atoms with Crippen LogP contribution in [0.3, 0.4) is 0 Å². The van der Waals surface area contributed by atoms with Crippen molar-refractivity contribution in [2.45, 2.75) is 57.3 Å². The fourth-order valence-electron chi connectivity index (χ4n) is 2.01. The zero-order valence-electron chi connectivity index (χ0n) is 9.75. The molecule has 1 fully saturated rings. The van der Waals surface area contributed by atoms with Gasteiger partial charge in [0, 0.05) is 16.8 Å². The lowest BCUT2D eigenvalue weighted by molar-refractivity contribution is -0.0963. The highest BCUT2D eigenvalue weighted by molar-refractivity contribution is 6.15. The summed E-state index contributed by atoms with van der Waals surface area (Å²) in [6.07, 6.45) is 5.24. The second-order valence-electron chi connectivity index (χ2n) is 5.11. The number of ether oxygens (including phenoxy) is 1. The van der Waals surface area contributed by atoms with E-state index in [2.05, 4.69) is 13.8 Å². The molecule has 0 saturated carbocycles. The van der Waals surface area contributed by atoms with Gasteiger partial charge in [0.05, 0.1) is 11.3 Å². The Balaban J connectivity index is 2.36. The zero-order valence-corrected chi connectivity index (χ0v) is 11.8. The molecule has 84 valence electrons. The Hall–Kier alpha value is 0.137. The van der Waals surface area contributed by atoms with Gasteiger partial charge in [-0.25, -0.2) is 0 Å². The molecule has 1 heterocycles. The second kappa shape index (κ2) is 5.28. The molecule has 1 aliphatic heterocycles. The molecule has 0 spiro atoms.